The first-order valence-electron chi connectivity index (χ1n) is 3.76. The molecule has 0 fully saturated rings. The molecule has 60 valence electrons. The second-order valence-corrected chi connectivity index (χ2v) is 2.39. The van der Waals surface area contributed by atoms with Crippen LogP contribution in [0.25, 0.3) is 0 Å². The predicted octanol–water partition coefficient (Wildman–Crippen LogP) is 1.25. The van der Waals surface area contributed by atoms with Gasteiger partial charge in [-0.3, -0.25) is 0 Å². The number of hydrogen-bond acceptors (Lipinski definition) is 2. The van der Waals surface area contributed by atoms with E-state index in [1.807, 2.05) is 14.0 Å². The Bertz CT molecular complexity index is 180. The topological polar surface area (TPSA) is 27.0 Å². The molecule has 0 spiro atoms. The minimum atomic E-state index is 0.607. The van der Waals surface area contributed by atoms with Crippen molar-refractivity contribution in [2.24, 2.45) is 0 Å². The summed E-state index contributed by atoms with van der Waals surface area (Å²) < 4.78 is 0. The van der Waals surface area contributed by atoms with Crippen LogP contribution in [-0.2, 0) is 0 Å². The van der Waals surface area contributed by atoms with Gasteiger partial charge in [0.15, 0.2) is 0 Å². The number of nitrogens with zero attached hydrogens (tertiary/aromatic N) is 2. The third-order valence-electron chi connectivity index (χ3n) is 1.40. The van der Waals surface area contributed by atoms with Crippen molar-refractivity contribution < 1.29 is 0 Å². The van der Waals surface area contributed by atoms with Crippen LogP contribution in [0.3, 0.4) is 0 Å². The van der Waals surface area contributed by atoms with E-state index in [0.29, 0.717) is 6.42 Å². The molecule has 0 aromatic rings. The summed E-state index contributed by atoms with van der Waals surface area (Å²) in [5, 5.41) is 8.28. The molecule has 11 heavy (non-hydrogen) atoms. The average molecular weight is 150 g/mol. The third kappa shape index (κ3) is 6.90. The molecule has 0 N–H and O–H groups in total. The molecule has 0 saturated heterocycles. The standard InChI is InChI=1S/C9H14N2/c1-3-4-5-8-11(2)9-6-7-10/h5-6,8-9H2,1-2H3. The fourth-order valence-corrected chi connectivity index (χ4v) is 0.724. The van der Waals surface area contributed by atoms with Gasteiger partial charge in [-0.25, -0.2) is 0 Å². The highest BCUT2D eigenvalue weighted by atomic mass is 15.1. The zero-order chi connectivity index (χ0) is 8.53. The minimum absolute atomic E-state index is 0.607. The van der Waals surface area contributed by atoms with E-state index in [1.54, 1.807) is 0 Å². The molecular formula is C9H14N2. The van der Waals surface area contributed by atoms with Gasteiger partial charge in [0, 0.05) is 25.9 Å². The fraction of sp³-hybridized carbons (Fsp3) is 0.667. The molecule has 0 aromatic heterocycles. The van der Waals surface area contributed by atoms with E-state index >= 15 is 0 Å². The Balaban J connectivity index is 3.28. The van der Waals surface area contributed by atoms with Crippen LogP contribution in [0.5, 0.6) is 0 Å². The molecular weight excluding hydrogens is 136 g/mol. The monoisotopic (exact) mass is 150 g/mol. The average Bonchev–Trinajstić information content (AvgIpc) is 2.01. The smallest absolute Gasteiger partial charge is 0.0635 e. The lowest BCUT2D eigenvalue weighted by Crippen LogP contribution is -2.20. The predicted molar refractivity (Wildman–Crippen MR) is 45.8 cm³/mol. The van der Waals surface area contributed by atoms with Gasteiger partial charge in [-0.05, 0) is 14.0 Å². The van der Waals surface area contributed by atoms with Gasteiger partial charge in [-0.2, -0.15) is 5.26 Å². The Hall–Kier alpha value is -0.990. The number of hydrogen-bond donors (Lipinski definition) is 0. The lowest BCUT2D eigenvalue weighted by atomic mass is 10.3. The quantitative estimate of drug-likeness (QED) is 0.564. The van der Waals surface area contributed by atoms with E-state index in [0.717, 1.165) is 19.5 Å². The summed E-state index contributed by atoms with van der Waals surface area (Å²) >= 11 is 0. The van der Waals surface area contributed by atoms with Crippen molar-refractivity contribution in [3.8, 4) is 17.9 Å². The van der Waals surface area contributed by atoms with E-state index in [1.165, 1.54) is 0 Å². The molecule has 0 aliphatic rings. The first kappa shape index (κ1) is 10.0. The summed E-state index contributed by atoms with van der Waals surface area (Å²) in [6.45, 7) is 3.65. The number of rotatable bonds is 4. The van der Waals surface area contributed by atoms with Crippen molar-refractivity contribution in [2.45, 2.75) is 19.8 Å². The van der Waals surface area contributed by atoms with Crippen LogP contribution in [0, 0.1) is 23.2 Å². The van der Waals surface area contributed by atoms with Gasteiger partial charge in [0.1, 0.15) is 0 Å². The molecule has 2 nitrogen and oxygen atoms in total. The van der Waals surface area contributed by atoms with Crippen LogP contribution in [0.4, 0.5) is 0 Å². The highest BCUT2D eigenvalue weighted by Crippen LogP contribution is 1.87. The van der Waals surface area contributed by atoms with Crippen LogP contribution in [-0.4, -0.2) is 25.0 Å². The van der Waals surface area contributed by atoms with Crippen molar-refractivity contribution in [1.82, 2.24) is 4.90 Å². The molecule has 0 aliphatic carbocycles. The summed E-state index contributed by atoms with van der Waals surface area (Å²) in [5.41, 5.74) is 0. The molecule has 0 aliphatic heterocycles. The van der Waals surface area contributed by atoms with Crippen molar-refractivity contribution in [2.75, 3.05) is 20.1 Å². The maximum atomic E-state index is 8.28. The van der Waals surface area contributed by atoms with Crippen molar-refractivity contribution in [3.05, 3.63) is 0 Å². The lowest BCUT2D eigenvalue weighted by molar-refractivity contribution is 0.351. The Morgan fingerprint density at radius 1 is 1.27 bits per heavy atom. The first-order chi connectivity index (χ1) is 5.31. The highest BCUT2D eigenvalue weighted by Gasteiger charge is 1.93. The van der Waals surface area contributed by atoms with E-state index < -0.39 is 0 Å². The maximum absolute atomic E-state index is 8.28. The third-order valence-corrected chi connectivity index (χ3v) is 1.40. The Kier molecular flexibility index (Phi) is 6.48. The lowest BCUT2D eigenvalue weighted by Gasteiger charge is -2.11. The van der Waals surface area contributed by atoms with Gasteiger partial charge < -0.3 is 4.90 Å². The van der Waals surface area contributed by atoms with Gasteiger partial charge in [0.25, 0.3) is 0 Å². The van der Waals surface area contributed by atoms with Crippen LogP contribution >= 0.6 is 0 Å². The summed E-state index contributed by atoms with van der Waals surface area (Å²) in [4.78, 5) is 2.12. The zero-order valence-electron chi connectivity index (χ0n) is 7.22. The SMILES string of the molecule is CC#CCCN(C)CCC#N. The normalized spacial score (nSPS) is 8.55. The van der Waals surface area contributed by atoms with Crippen LogP contribution in [0.15, 0.2) is 0 Å². The Morgan fingerprint density at radius 3 is 2.45 bits per heavy atom. The molecule has 0 saturated carbocycles. The van der Waals surface area contributed by atoms with Gasteiger partial charge in [0.2, 0.25) is 0 Å². The minimum Gasteiger partial charge on any atom is -0.304 e. The number of nitriles is 1. The molecule has 2 heteroatoms. The molecule has 0 amide bonds. The molecule has 0 heterocycles. The van der Waals surface area contributed by atoms with E-state index in [2.05, 4.69) is 22.8 Å². The highest BCUT2D eigenvalue weighted by molar-refractivity contribution is 4.95. The zero-order valence-corrected chi connectivity index (χ0v) is 7.22. The maximum Gasteiger partial charge on any atom is 0.0635 e. The van der Waals surface area contributed by atoms with Gasteiger partial charge in [0.05, 0.1) is 6.07 Å². The molecule has 0 aromatic carbocycles. The molecule has 0 unspecified atom stereocenters. The summed E-state index contributed by atoms with van der Waals surface area (Å²) in [6, 6.07) is 2.11. The molecule has 0 atom stereocenters. The second kappa shape index (κ2) is 7.12. The van der Waals surface area contributed by atoms with Crippen molar-refractivity contribution in [3.63, 3.8) is 0 Å². The van der Waals surface area contributed by atoms with Crippen LogP contribution in [0.2, 0.25) is 0 Å². The summed E-state index contributed by atoms with van der Waals surface area (Å²) in [5.74, 6) is 5.82. The molecule has 0 radical (unpaired) electrons. The van der Waals surface area contributed by atoms with Crippen LogP contribution in [0.1, 0.15) is 19.8 Å². The Labute approximate surface area is 68.8 Å². The van der Waals surface area contributed by atoms with Crippen LogP contribution < -0.4 is 0 Å². The Morgan fingerprint density at radius 2 is 1.91 bits per heavy atom. The van der Waals surface area contributed by atoms with Gasteiger partial charge in [-0.15, -0.1) is 11.8 Å². The van der Waals surface area contributed by atoms with Crippen molar-refractivity contribution >= 4 is 0 Å². The molecule has 0 rings (SSSR count). The van der Waals surface area contributed by atoms with Gasteiger partial charge >= 0.3 is 0 Å². The fourth-order valence-electron chi connectivity index (χ4n) is 0.724. The first-order valence-corrected chi connectivity index (χ1v) is 3.76. The van der Waals surface area contributed by atoms with Gasteiger partial charge in [-0.1, -0.05) is 0 Å². The largest absolute Gasteiger partial charge is 0.304 e. The van der Waals surface area contributed by atoms with E-state index in [-0.39, 0.29) is 0 Å². The van der Waals surface area contributed by atoms with E-state index in [4.69, 9.17) is 5.26 Å². The summed E-state index contributed by atoms with van der Waals surface area (Å²) in [7, 11) is 2.01. The van der Waals surface area contributed by atoms with Crippen molar-refractivity contribution in [1.29, 1.82) is 5.26 Å². The summed E-state index contributed by atoms with van der Waals surface area (Å²) in [6.07, 6.45) is 1.51. The second-order valence-electron chi connectivity index (χ2n) is 2.39. The van der Waals surface area contributed by atoms with E-state index in [9.17, 15) is 0 Å². The molecule has 0 bridgehead atoms.